The Morgan fingerprint density at radius 3 is 2.49 bits per heavy atom. The number of benzene rings is 3. The molecule has 0 aliphatic carbocycles. The second-order valence-corrected chi connectivity index (χ2v) is 9.30. The minimum absolute atomic E-state index is 0.0834. The van der Waals surface area contributed by atoms with Crippen molar-refractivity contribution in [1.82, 2.24) is 10.2 Å². The predicted molar refractivity (Wildman–Crippen MR) is 139 cm³/mol. The van der Waals surface area contributed by atoms with Crippen LogP contribution >= 0.6 is 27.5 Å². The smallest absolute Gasteiger partial charge is 0.261 e. The first-order chi connectivity index (χ1) is 16.9. The number of hydrogen-bond acceptors (Lipinski definition) is 3. The van der Waals surface area contributed by atoms with Gasteiger partial charge in [0, 0.05) is 29.5 Å². The van der Waals surface area contributed by atoms with Gasteiger partial charge in [-0.2, -0.15) is 0 Å². The van der Waals surface area contributed by atoms with Crippen LogP contribution in [0.1, 0.15) is 24.5 Å². The third-order valence-electron chi connectivity index (χ3n) is 5.36. The molecule has 184 valence electrons. The van der Waals surface area contributed by atoms with Crippen LogP contribution < -0.4 is 10.1 Å². The Bertz CT molecular complexity index is 1150. The summed E-state index contributed by atoms with van der Waals surface area (Å²) in [6.45, 7) is 1.98. The molecule has 1 N–H and O–H groups in total. The molecule has 2 amide bonds. The summed E-state index contributed by atoms with van der Waals surface area (Å²) in [5, 5.41) is 3.23. The van der Waals surface area contributed by atoms with Crippen LogP contribution in [0.5, 0.6) is 5.75 Å². The van der Waals surface area contributed by atoms with Crippen LogP contribution in [-0.2, 0) is 22.6 Å². The van der Waals surface area contributed by atoms with E-state index in [9.17, 15) is 14.0 Å². The van der Waals surface area contributed by atoms with E-state index in [4.69, 9.17) is 16.3 Å². The molecule has 0 saturated heterocycles. The van der Waals surface area contributed by atoms with E-state index < -0.39 is 17.8 Å². The Morgan fingerprint density at radius 2 is 1.80 bits per heavy atom. The minimum Gasteiger partial charge on any atom is -0.482 e. The normalized spacial score (nSPS) is 11.5. The molecule has 3 aromatic rings. The Labute approximate surface area is 218 Å². The molecule has 0 unspecified atom stereocenters. The maximum atomic E-state index is 14.6. The molecule has 0 aromatic heterocycles. The van der Waals surface area contributed by atoms with Gasteiger partial charge in [-0.25, -0.2) is 4.39 Å². The first-order valence-electron chi connectivity index (χ1n) is 11.3. The number of nitrogens with zero attached hydrogens (tertiary/aromatic N) is 1. The number of carbonyl (C=O) groups is 2. The third kappa shape index (κ3) is 7.80. The second-order valence-electron chi connectivity index (χ2n) is 7.97. The molecule has 0 radical (unpaired) electrons. The van der Waals surface area contributed by atoms with Gasteiger partial charge in [-0.15, -0.1) is 0 Å². The standard InChI is InChI=1S/C27H27BrClFN2O3/c1-2-14-31-27(34)24(15-19-8-4-3-5-9-19)32(17-20-10-6-7-11-23(20)30)26(33)18-35-25-13-12-21(28)16-22(25)29/h3-13,16,24H,2,14-15,17-18H2,1H3,(H,31,34)/t24-/m1/s1. The van der Waals surface area contributed by atoms with Crippen molar-refractivity contribution in [2.45, 2.75) is 32.4 Å². The molecule has 0 aliphatic rings. The number of ether oxygens (including phenoxy) is 1. The van der Waals surface area contributed by atoms with E-state index in [1.807, 2.05) is 37.3 Å². The Morgan fingerprint density at radius 1 is 1.09 bits per heavy atom. The summed E-state index contributed by atoms with van der Waals surface area (Å²) in [6, 6.07) is 19.8. The summed E-state index contributed by atoms with van der Waals surface area (Å²) in [5.74, 6) is -0.874. The number of nitrogens with one attached hydrogen (secondary N) is 1. The average Bonchev–Trinajstić information content (AvgIpc) is 2.85. The first-order valence-corrected chi connectivity index (χ1v) is 12.5. The number of amides is 2. The molecule has 3 aromatic carbocycles. The second kappa shape index (κ2) is 13.3. The molecular weight excluding hydrogens is 535 g/mol. The summed E-state index contributed by atoms with van der Waals surface area (Å²) in [4.78, 5) is 28.1. The van der Waals surface area contributed by atoms with Crippen LogP contribution in [0, 0.1) is 5.82 Å². The van der Waals surface area contributed by atoms with Crippen molar-refractivity contribution in [3.8, 4) is 5.75 Å². The fourth-order valence-electron chi connectivity index (χ4n) is 3.54. The molecule has 0 spiro atoms. The first kappa shape index (κ1) is 26.7. The molecule has 0 heterocycles. The average molecular weight is 562 g/mol. The summed E-state index contributed by atoms with van der Waals surface area (Å²) >= 11 is 9.56. The zero-order valence-electron chi connectivity index (χ0n) is 19.3. The summed E-state index contributed by atoms with van der Waals surface area (Å²) in [6.07, 6.45) is 1.02. The topological polar surface area (TPSA) is 58.6 Å². The lowest BCUT2D eigenvalue weighted by Gasteiger charge is -2.31. The zero-order valence-corrected chi connectivity index (χ0v) is 21.7. The van der Waals surface area contributed by atoms with Crippen LogP contribution in [0.15, 0.2) is 77.3 Å². The van der Waals surface area contributed by atoms with Gasteiger partial charge >= 0.3 is 0 Å². The molecule has 0 bridgehead atoms. The van der Waals surface area contributed by atoms with Gasteiger partial charge < -0.3 is 15.0 Å². The van der Waals surface area contributed by atoms with Gasteiger partial charge in [0.05, 0.1) is 5.02 Å². The van der Waals surface area contributed by atoms with Crippen molar-refractivity contribution in [3.05, 3.63) is 99.2 Å². The quantitative estimate of drug-likeness (QED) is 0.323. The molecule has 35 heavy (non-hydrogen) atoms. The molecule has 0 saturated carbocycles. The SMILES string of the molecule is CCCNC(=O)[C@@H](Cc1ccccc1)N(Cc1ccccc1F)C(=O)COc1ccc(Br)cc1Cl. The predicted octanol–water partition coefficient (Wildman–Crippen LogP) is 5.79. The molecule has 3 rings (SSSR count). The van der Waals surface area contributed by atoms with Gasteiger partial charge in [0.25, 0.3) is 5.91 Å². The lowest BCUT2D eigenvalue weighted by atomic mass is 10.0. The molecule has 5 nitrogen and oxygen atoms in total. The number of halogens is 3. The van der Waals surface area contributed by atoms with Crippen LogP contribution in [0.4, 0.5) is 4.39 Å². The number of rotatable bonds is 11. The van der Waals surface area contributed by atoms with Gasteiger partial charge in [-0.1, -0.05) is 83.0 Å². The number of hydrogen-bond donors (Lipinski definition) is 1. The van der Waals surface area contributed by atoms with Crippen molar-refractivity contribution in [1.29, 1.82) is 0 Å². The highest BCUT2D eigenvalue weighted by Crippen LogP contribution is 2.28. The fourth-order valence-corrected chi connectivity index (χ4v) is 4.27. The Hall–Kier alpha value is -2.90. The molecular formula is C27H27BrClFN2O3. The van der Waals surface area contributed by atoms with Gasteiger partial charge in [0.1, 0.15) is 17.6 Å². The van der Waals surface area contributed by atoms with E-state index in [1.165, 1.54) is 11.0 Å². The lowest BCUT2D eigenvalue weighted by molar-refractivity contribution is -0.142. The van der Waals surface area contributed by atoms with Crippen LogP contribution in [-0.4, -0.2) is 35.9 Å². The van der Waals surface area contributed by atoms with Crippen molar-refractivity contribution in [2.24, 2.45) is 0 Å². The summed E-state index contributed by atoms with van der Waals surface area (Å²) in [5.41, 5.74) is 1.19. The van der Waals surface area contributed by atoms with E-state index >= 15 is 0 Å². The maximum absolute atomic E-state index is 14.6. The fraction of sp³-hybridized carbons (Fsp3) is 0.259. The van der Waals surface area contributed by atoms with Crippen molar-refractivity contribution in [2.75, 3.05) is 13.2 Å². The van der Waals surface area contributed by atoms with Gasteiger partial charge in [-0.3, -0.25) is 9.59 Å². The monoisotopic (exact) mass is 560 g/mol. The molecule has 0 fully saturated rings. The highest BCUT2D eigenvalue weighted by Gasteiger charge is 2.31. The third-order valence-corrected chi connectivity index (χ3v) is 6.15. The van der Waals surface area contributed by atoms with Gasteiger partial charge in [0.2, 0.25) is 5.91 Å². The van der Waals surface area contributed by atoms with Crippen molar-refractivity contribution < 1.29 is 18.7 Å². The zero-order chi connectivity index (χ0) is 25.2. The number of carbonyl (C=O) groups excluding carboxylic acids is 2. The molecule has 0 aliphatic heterocycles. The van der Waals surface area contributed by atoms with E-state index in [0.717, 1.165) is 16.5 Å². The highest BCUT2D eigenvalue weighted by molar-refractivity contribution is 9.10. The van der Waals surface area contributed by atoms with E-state index in [1.54, 1.807) is 36.4 Å². The largest absolute Gasteiger partial charge is 0.482 e. The molecule has 8 heteroatoms. The highest BCUT2D eigenvalue weighted by atomic mass is 79.9. The van der Waals surface area contributed by atoms with Gasteiger partial charge in [-0.05, 0) is 36.2 Å². The Balaban J connectivity index is 1.91. The van der Waals surface area contributed by atoms with Crippen molar-refractivity contribution in [3.63, 3.8) is 0 Å². The Kier molecular flexibility index (Phi) is 10.1. The van der Waals surface area contributed by atoms with E-state index in [-0.39, 0.29) is 25.5 Å². The lowest BCUT2D eigenvalue weighted by Crippen LogP contribution is -2.52. The summed E-state index contributed by atoms with van der Waals surface area (Å²) < 4.78 is 21.0. The van der Waals surface area contributed by atoms with E-state index in [2.05, 4.69) is 21.2 Å². The van der Waals surface area contributed by atoms with E-state index in [0.29, 0.717) is 22.9 Å². The van der Waals surface area contributed by atoms with Crippen LogP contribution in [0.25, 0.3) is 0 Å². The van der Waals surface area contributed by atoms with Crippen LogP contribution in [0.3, 0.4) is 0 Å². The maximum Gasteiger partial charge on any atom is 0.261 e. The molecule has 1 atom stereocenters. The van der Waals surface area contributed by atoms with Crippen LogP contribution in [0.2, 0.25) is 5.02 Å². The summed E-state index contributed by atoms with van der Waals surface area (Å²) in [7, 11) is 0. The van der Waals surface area contributed by atoms with Gasteiger partial charge in [0.15, 0.2) is 6.61 Å². The minimum atomic E-state index is -0.861. The van der Waals surface area contributed by atoms with Crippen molar-refractivity contribution >= 4 is 39.3 Å².